The molecule has 0 aliphatic heterocycles. The highest BCUT2D eigenvalue weighted by Gasteiger charge is 2.14. The summed E-state index contributed by atoms with van der Waals surface area (Å²) in [5.41, 5.74) is 9.33. The number of H-pyrrole nitrogens is 1. The number of methoxy groups -OCH3 is 1. The highest BCUT2D eigenvalue weighted by Crippen LogP contribution is 2.35. The number of aromatic nitrogens is 3. The van der Waals surface area contributed by atoms with Crippen LogP contribution >= 0.6 is 0 Å². The van der Waals surface area contributed by atoms with Crippen molar-refractivity contribution < 1.29 is 4.74 Å². The Kier molecular flexibility index (Phi) is 3.01. The number of aromatic amines is 1. The fourth-order valence-corrected chi connectivity index (χ4v) is 2.65. The number of benzene rings is 2. The number of fused-ring (bicyclic) bond motifs is 2. The molecule has 2 heterocycles. The van der Waals surface area contributed by atoms with Gasteiger partial charge in [0.1, 0.15) is 11.6 Å². The summed E-state index contributed by atoms with van der Waals surface area (Å²) in [5.74, 6) is 1.30. The van der Waals surface area contributed by atoms with Crippen LogP contribution in [0.3, 0.4) is 0 Å². The van der Waals surface area contributed by atoms with E-state index >= 15 is 0 Å². The molecule has 2 aromatic carbocycles. The maximum Gasteiger partial charge on any atom is 0.185 e. The van der Waals surface area contributed by atoms with Crippen molar-refractivity contribution in [2.24, 2.45) is 0 Å². The lowest BCUT2D eigenvalue weighted by atomic mass is 10.1. The van der Waals surface area contributed by atoms with E-state index in [2.05, 4.69) is 20.5 Å². The third kappa shape index (κ3) is 2.20. The molecule has 23 heavy (non-hydrogen) atoms. The van der Waals surface area contributed by atoms with Crippen molar-refractivity contribution in [1.29, 1.82) is 0 Å². The van der Waals surface area contributed by atoms with Crippen LogP contribution in [0.5, 0.6) is 5.75 Å². The van der Waals surface area contributed by atoms with Crippen LogP contribution in [0.15, 0.2) is 48.5 Å². The van der Waals surface area contributed by atoms with Crippen molar-refractivity contribution >= 4 is 39.1 Å². The van der Waals surface area contributed by atoms with Crippen molar-refractivity contribution in [3.05, 3.63) is 48.5 Å². The highest BCUT2D eigenvalue weighted by molar-refractivity contribution is 6.11. The lowest BCUT2D eigenvalue weighted by Crippen LogP contribution is -1.96. The van der Waals surface area contributed by atoms with E-state index in [4.69, 9.17) is 10.5 Å². The molecule has 4 rings (SSSR count). The smallest absolute Gasteiger partial charge is 0.185 e. The maximum absolute atomic E-state index is 6.05. The van der Waals surface area contributed by atoms with Gasteiger partial charge in [-0.05, 0) is 30.3 Å². The Balaban J connectivity index is 1.92. The molecule has 0 saturated carbocycles. The van der Waals surface area contributed by atoms with Crippen LogP contribution in [0.1, 0.15) is 0 Å². The molecule has 6 nitrogen and oxygen atoms in total. The average molecular weight is 305 g/mol. The number of pyridine rings is 1. The van der Waals surface area contributed by atoms with E-state index in [9.17, 15) is 0 Å². The zero-order valence-corrected chi connectivity index (χ0v) is 12.5. The van der Waals surface area contributed by atoms with Gasteiger partial charge in [0.25, 0.3) is 0 Å². The molecule has 0 radical (unpaired) electrons. The van der Waals surface area contributed by atoms with Gasteiger partial charge in [-0.15, -0.1) is 0 Å². The maximum atomic E-state index is 6.05. The third-order valence-corrected chi connectivity index (χ3v) is 3.78. The first-order valence-corrected chi connectivity index (χ1v) is 7.19. The molecular formula is C17H15N5O. The Morgan fingerprint density at radius 2 is 1.87 bits per heavy atom. The van der Waals surface area contributed by atoms with Crippen molar-refractivity contribution in [1.82, 2.24) is 15.2 Å². The van der Waals surface area contributed by atoms with E-state index < -0.39 is 0 Å². The highest BCUT2D eigenvalue weighted by atomic mass is 16.5. The normalized spacial score (nSPS) is 11.0. The number of nitrogen functional groups attached to an aromatic ring is 1. The fraction of sp³-hybridized carbons (Fsp3) is 0.0588. The van der Waals surface area contributed by atoms with Crippen molar-refractivity contribution in [2.75, 3.05) is 18.2 Å². The predicted octanol–water partition coefficient (Wildman–Crippen LogP) is 3.45. The van der Waals surface area contributed by atoms with E-state index in [1.54, 1.807) is 7.11 Å². The second-order valence-electron chi connectivity index (χ2n) is 5.19. The van der Waals surface area contributed by atoms with Crippen molar-refractivity contribution in [3.63, 3.8) is 0 Å². The van der Waals surface area contributed by atoms with E-state index in [1.807, 2.05) is 48.5 Å². The summed E-state index contributed by atoms with van der Waals surface area (Å²) in [5, 5.41) is 12.2. The first-order chi connectivity index (χ1) is 11.3. The molecule has 2 aromatic heterocycles. The number of rotatable bonds is 3. The molecule has 4 N–H and O–H groups in total. The molecule has 0 bridgehead atoms. The Labute approximate surface area is 132 Å². The van der Waals surface area contributed by atoms with Gasteiger partial charge in [0, 0.05) is 11.1 Å². The molecule has 114 valence electrons. The second kappa shape index (κ2) is 5.17. The number of para-hydroxylation sites is 1. The van der Waals surface area contributed by atoms with Crippen LogP contribution in [-0.2, 0) is 0 Å². The number of ether oxygens (including phenoxy) is 1. The fourth-order valence-electron chi connectivity index (χ4n) is 2.65. The molecule has 6 heteroatoms. The zero-order valence-electron chi connectivity index (χ0n) is 12.5. The summed E-state index contributed by atoms with van der Waals surface area (Å²) in [6, 6.07) is 15.6. The molecule has 0 aliphatic carbocycles. The van der Waals surface area contributed by atoms with Gasteiger partial charge < -0.3 is 15.8 Å². The topological polar surface area (TPSA) is 88.8 Å². The molecule has 0 saturated heterocycles. The third-order valence-electron chi connectivity index (χ3n) is 3.78. The van der Waals surface area contributed by atoms with Gasteiger partial charge in [0.2, 0.25) is 0 Å². The first-order valence-electron chi connectivity index (χ1n) is 7.19. The summed E-state index contributed by atoms with van der Waals surface area (Å²) in [4.78, 5) is 4.55. The lowest BCUT2D eigenvalue weighted by molar-refractivity contribution is 0.415. The minimum absolute atomic E-state index is 0.495. The summed E-state index contributed by atoms with van der Waals surface area (Å²) in [6.45, 7) is 0. The van der Waals surface area contributed by atoms with E-state index in [1.165, 1.54) is 0 Å². The van der Waals surface area contributed by atoms with Crippen LogP contribution in [0, 0.1) is 0 Å². The molecular weight excluding hydrogens is 290 g/mol. The predicted molar refractivity (Wildman–Crippen MR) is 92.1 cm³/mol. The monoisotopic (exact) mass is 305 g/mol. The molecule has 0 amide bonds. The Hall–Kier alpha value is -3.28. The van der Waals surface area contributed by atoms with Crippen LogP contribution in [-0.4, -0.2) is 22.3 Å². The standard InChI is InChI=1S/C17H15N5O/c1-23-11-8-6-10(7-9-11)19-15-12-4-2-3-5-13(12)20-17-14(15)16(18)21-22-17/h2-9H,1H3,(H4,18,19,20,21,22). The number of anilines is 3. The van der Waals surface area contributed by atoms with Crippen molar-refractivity contribution in [2.45, 2.75) is 0 Å². The van der Waals surface area contributed by atoms with Gasteiger partial charge in [-0.3, -0.25) is 5.10 Å². The van der Waals surface area contributed by atoms with Gasteiger partial charge in [-0.2, -0.15) is 5.10 Å². The summed E-state index contributed by atoms with van der Waals surface area (Å²) in [7, 11) is 1.65. The van der Waals surface area contributed by atoms with Gasteiger partial charge >= 0.3 is 0 Å². The second-order valence-corrected chi connectivity index (χ2v) is 5.19. The number of nitrogens with one attached hydrogen (secondary N) is 2. The van der Waals surface area contributed by atoms with E-state index in [0.29, 0.717) is 11.5 Å². The molecule has 0 spiro atoms. The molecule has 0 aliphatic rings. The van der Waals surface area contributed by atoms with Crippen LogP contribution < -0.4 is 15.8 Å². The summed E-state index contributed by atoms with van der Waals surface area (Å²) >= 11 is 0. The number of nitrogens with two attached hydrogens (primary N) is 1. The van der Waals surface area contributed by atoms with Crippen LogP contribution in [0.2, 0.25) is 0 Å². The van der Waals surface area contributed by atoms with E-state index in [-0.39, 0.29) is 0 Å². The zero-order chi connectivity index (χ0) is 15.8. The molecule has 0 atom stereocenters. The minimum Gasteiger partial charge on any atom is -0.497 e. The first kappa shape index (κ1) is 13.4. The summed E-state index contributed by atoms with van der Waals surface area (Å²) in [6.07, 6.45) is 0. The number of nitrogens with zero attached hydrogens (tertiary/aromatic N) is 2. The Morgan fingerprint density at radius 1 is 1.09 bits per heavy atom. The lowest BCUT2D eigenvalue weighted by Gasteiger charge is -2.12. The van der Waals surface area contributed by atoms with E-state index in [0.717, 1.165) is 33.4 Å². The van der Waals surface area contributed by atoms with Gasteiger partial charge in [-0.1, -0.05) is 18.2 Å². The summed E-state index contributed by atoms with van der Waals surface area (Å²) < 4.78 is 5.19. The van der Waals surface area contributed by atoms with Gasteiger partial charge in [0.15, 0.2) is 5.65 Å². The largest absolute Gasteiger partial charge is 0.497 e. The number of hydrogen-bond donors (Lipinski definition) is 3. The van der Waals surface area contributed by atoms with Crippen LogP contribution in [0.25, 0.3) is 21.9 Å². The van der Waals surface area contributed by atoms with Gasteiger partial charge in [-0.25, -0.2) is 4.98 Å². The van der Waals surface area contributed by atoms with Crippen molar-refractivity contribution in [3.8, 4) is 5.75 Å². The molecule has 0 unspecified atom stereocenters. The number of hydrogen-bond acceptors (Lipinski definition) is 5. The molecule has 0 fully saturated rings. The van der Waals surface area contributed by atoms with Crippen LogP contribution in [0.4, 0.5) is 17.2 Å². The Bertz CT molecular complexity index is 991. The quantitative estimate of drug-likeness (QED) is 0.539. The van der Waals surface area contributed by atoms with Gasteiger partial charge in [0.05, 0.1) is 23.7 Å². The minimum atomic E-state index is 0.495. The Morgan fingerprint density at radius 3 is 2.65 bits per heavy atom. The SMILES string of the molecule is COc1ccc(Nc2c3ccccc3nc3n[nH]c(N)c23)cc1. The average Bonchev–Trinajstić information content (AvgIpc) is 2.96. The molecule has 4 aromatic rings.